The molecule has 1 atom stereocenters. The van der Waals surface area contributed by atoms with Crippen molar-refractivity contribution in [3.63, 3.8) is 0 Å². The van der Waals surface area contributed by atoms with Crippen LogP contribution in [0.4, 0.5) is 11.6 Å². The average molecular weight is 432 g/mol. The molecule has 164 valence electrons. The second-order valence-corrected chi connectivity index (χ2v) is 8.10. The zero-order valence-corrected chi connectivity index (χ0v) is 18.1. The third-order valence-electron chi connectivity index (χ3n) is 5.56. The Morgan fingerprint density at radius 1 is 1.28 bits per heavy atom. The van der Waals surface area contributed by atoms with Gasteiger partial charge in [0, 0.05) is 49.2 Å². The normalized spacial score (nSPS) is 15.9. The van der Waals surface area contributed by atoms with Crippen LogP contribution in [0, 0.1) is 6.92 Å². The van der Waals surface area contributed by atoms with Gasteiger partial charge in [-0.15, -0.1) is 0 Å². The quantitative estimate of drug-likeness (QED) is 0.432. The number of aromatic nitrogens is 5. The van der Waals surface area contributed by atoms with Crippen LogP contribution in [0.2, 0.25) is 0 Å². The molecule has 0 saturated carbocycles. The summed E-state index contributed by atoms with van der Waals surface area (Å²) in [6.07, 6.45) is 7.51. The fraction of sp³-hybridized carbons (Fsp3) is 0.304. The van der Waals surface area contributed by atoms with Gasteiger partial charge in [0.25, 0.3) is 5.91 Å². The van der Waals surface area contributed by atoms with Crippen molar-refractivity contribution >= 4 is 28.4 Å². The Bertz CT molecular complexity index is 1270. The third-order valence-corrected chi connectivity index (χ3v) is 5.56. The van der Waals surface area contributed by atoms with Crippen LogP contribution in [-0.4, -0.2) is 49.7 Å². The Balaban J connectivity index is 1.34. The van der Waals surface area contributed by atoms with Gasteiger partial charge in [-0.3, -0.25) is 4.79 Å². The molecule has 1 amide bonds. The summed E-state index contributed by atoms with van der Waals surface area (Å²) in [4.78, 5) is 29.1. The number of imidazole rings is 1. The molecule has 0 spiro atoms. The maximum absolute atomic E-state index is 12.6. The number of amides is 1. The molecule has 9 heteroatoms. The van der Waals surface area contributed by atoms with Crippen LogP contribution in [-0.2, 0) is 11.8 Å². The Morgan fingerprint density at radius 2 is 2.19 bits per heavy atom. The summed E-state index contributed by atoms with van der Waals surface area (Å²) in [6, 6.07) is 7.68. The standard InChI is InChI=1S/C23H25N7O2/c1-14-8-16(27-23-24-6-5-18(29-23)20-12-30(2)13-26-20)9-15-10-19(28-21(14)15)22(31)25-11-17-4-3-7-32-17/h5-6,8-10,12-13,17,28H,3-4,7,11H2,1-2H3,(H,25,31)(H,24,27,29)/t17-/m0/s1. The molecule has 1 aliphatic rings. The molecule has 9 nitrogen and oxygen atoms in total. The zero-order valence-electron chi connectivity index (χ0n) is 18.1. The lowest BCUT2D eigenvalue weighted by molar-refractivity contribution is 0.0854. The predicted octanol–water partition coefficient (Wildman–Crippen LogP) is 3.32. The van der Waals surface area contributed by atoms with E-state index in [9.17, 15) is 4.79 Å². The molecule has 3 N–H and O–H groups in total. The number of carbonyl (C=O) groups is 1. The Kier molecular flexibility index (Phi) is 5.32. The molecule has 1 aromatic carbocycles. The summed E-state index contributed by atoms with van der Waals surface area (Å²) < 4.78 is 7.45. The summed E-state index contributed by atoms with van der Waals surface area (Å²) in [6.45, 7) is 3.31. The maximum atomic E-state index is 12.6. The Hall–Kier alpha value is -3.72. The molecule has 1 aliphatic heterocycles. The van der Waals surface area contributed by atoms with Crippen molar-refractivity contribution < 1.29 is 9.53 Å². The molecule has 0 bridgehead atoms. The monoisotopic (exact) mass is 431 g/mol. The highest BCUT2D eigenvalue weighted by Gasteiger charge is 2.18. The van der Waals surface area contributed by atoms with Crippen LogP contribution < -0.4 is 10.6 Å². The molecule has 1 saturated heterocycles. The first-order valence-electron chi connectivity index (χ1n) is 10.7. The highest BCUT2D eigenvalue weighted by atomic mass is 16.5. The van der Waals surface area contributed by atoms with Gasteiger partial charge in [0.15, 0.2) is 0 Å². The number of nitrogens with zero attached hydrogens (tertiary/aromatic N) is 4. The highest BCUT2D eigenvalue weighted by Crippen LogP contribution is 2.26. The smallest absolute Gasteiger partial charge is 0.267 e. The minimum atomic E-state index is -0.128. The van der Waals surface area contributed by atoms with Crippen LogP contribution in [0.5, 0.6) is 0 Å². The van der Waals surface area contributed by atoms with Gasteiger partial charge in [0.05, 0.1) is 18.1 Å². The van der Waals surface area contributed by atoms with Gasteiger partial charge in [0.1, 0.15) is 11.4 Å². The van der Waals surface area contributed by atoms with Crippen LogP contribution in [0.15, 0.2) is 43.0 Å². The van der Waals surface area contributed by atoms with E-state index < -0.39 is 0 Å². The predicted molar refractivity (Wildman–Crippen MR) is 122 cm³/mol. The van der Waals surface area contributed by atoms with Gasteiger partial charge >= 0.3 is 0 Å². The van der Waals surface area contributed by atoms with E-state index in [4.69, 9.17) is 4.74 Å². The van der Waals surface area contributed by atoms with E-state index in [1.807, 2.05) is 49.0 Å². The van der Waals surface area contributed by atoms with E-state index in [1.165, 1.54) is 0 Å². The van der Waals surface area contributed by atoms with Gasteiger partial charge in [-0.1, -0.05) is 0 Å². The van der Waals surface area contributed by atoms with Gasteiger partial charge in [0.2, 0.25) is 5.95 Å². The minimum absolute atomic E-state index is 0.114. The van der Waals surface area contributed by atoms with E-state index in [0.717, 1.165) is 53.0 Å². The number of aryl methyl sites for hydroxylation is 2. The molecule has 4 aromatic rings. The fourth-order valence-electron chi connectivity index (χ4n) is 3.96. The van der Waals surface area contributed by atoms with E-state index >= 15 is 0 Å². The number of rotatable bonds is 6. The lowest BCUT2D eigenvalue weighted by atomic mass is 10.1. The van der Waals surface area contributed by atoms with Crippen molar-refractivity contribution in [2.45, 2.75) is 25.9 Å². The van der Waals surface area contributed by atoms with Crippen LogP contribution in [0.3, 0.4) is 0 Å². The first-order valence-corrected chi connectivity index (χ1v) is 10.7. The summed E-state index contributed by atoms with van der Waals surface area (Å²) >= 11 is 0. The van der Waals surface area contributed by atoms with Gasteiger partial charge in [-0.25, -0.2) is 15.0 Å². The number of fused-ring (bicyclic) bond motifs is 1. The second-order valence-electron chi connectivity index (χ2n) is 8.10. The molecular formula is C23H25N7O2. The van der Waals surface area contributed by atoms with E-state index in [-0.39, 0.29) is 12.0 Å². The number of carbonyl (C=O) groups excluding carboxylic acids is 1. The largest absolute Gasteiger partial charge is 0.376 e. The summed E-state index contributed by atoms with van der Waals surface area (Å²) in [7, 11) is 1.92. The highest BCUT2D eigenvalue weighted by molar-refractivity contribution is 5.99. The number of nitrogens with one attached hydrogen (secondary N) is 3. The fourth-order valence-corrected chi connectivity index (χ4v) is 3.96. The summed E-state index contributed by atoms with van der Waals surface area (Å²) in [5.41, 5.74) is 4.86. The number of anilines is 2. The SMILES string of the molecule is Cc1cc(Nc2nccc(-c3cn(C)cn3)n2)cc2cc(C(=O)NC[C@@H]3CCCO3)[nH]c12. The van der Waals surface area contributed by atoms with Crippen molar-refractivity contribution in [3.8, 4) is 11.4 Å². The van der Waals surface area contributed by atoms with Crippen LogP contribution >= 0.6 is 0 Å². The lowest BCUT2D eigenvalue weighted by Crippen LogP contribution is -2.31. The van der Waals surface area contributed by atoms with Gasteiger partial charge in [-0.05, 0) is 49.6 Å². The van der Waals surface area contributed by atoms with Gasteiger partial charge in [-0.2, -0.15) is 0 Å². The molecule has 0 aliphatic carbocycles. The molecular weight excluding hydrogens is 406 g/mol. The van der Waals surface area contributed by atoms with Crippen molar-refractivity contribution in [1.82, 2.24) is 29.8 Å². The van der Waals surface area contributed by atoms with Crippen LogP contribution in [0.25, 0.3) is 22.3 Å². The average Bonchev–Trinajstić information content (AvgIpc) is 3.53. The lowest BCUT2D eigenvalue weighted by Gasteiger charge is -2.09. The zero-order chi connectivity index (χ0) is 22.1. The topological polar surface area (TPSA) is 110 Å². The second kappa shape index (κ2) is 8.43. The number of benzene rings is 1. The van der Waals surface area contributed by atoms with E-state index in [2.05, 4.69) is 30.6 Å². The molecule has 4 heterocycles. The molecule has 3 aromatic heterocycles. The molecule has 32 heavy (non-hydrogen) atoms. The Labute approximate surface area is 185 Å². The van der Waals surface area contributed by atoms with Crippen LogP contribution in [0.1, 0.15) is 28.9 Å². The van der Waals surface area contributed by atoms with Gasteiger partial charge < -0.3 is 24.9 Å². The molecule has 0 radical (unpaired) electrons. The molecule has 0 unspecified atom stereocenters. The number of H-pyrrole nitrogens is 1. The summed E-state index contributed by atoms with van der Waals surface area (Å²) in [5, 5.41) is 7.17. The van der Waals surface area contributed by atoms with Crippen molar-refractivity contribution in [2.75, 3.05) is 18.5 Å². The number of hydrogen-bond donors (Lipinski definition) is 3. The van der Waals surface area contributed by atoms with Crippen molar-refractivity contribution in [2.24, 2.45) is 7.05 Å². The maximum Gasteiger partial charge on any atom is 0.267 e. The van der Waals surface area contributed by atoms with Crippen molar-refractivity contribution in [1.29, 1.82) is 0 Å². The Morgan fingerprint density at radius 3 is 2.97 bits per heavy atom. The third kappa shape index (κ3) is 4.19. The number of hydrogen-bond acceptors (Lipinski definition) is 6. The number of aromatic amines is 1. The van der Waals surface area contributed by atoms with E-state index in [0.29, 0.717) is 18.2 Å². The van der Waals surface area contributed by atoms with Crippen molar-refractivity contribution in [3.05, 3.63) is 54.2 Å². The minimum Gasteiger partial charge on any atom is -0.376 e. The first kappa shape index (κ1) is 20.2. The molecule has 1 fully saturated rings. The van der Waals surface area contributed by atoms with E-state index in [1.54, 1.807) is 12.5 Å². The summed E-state index contributed by atoms with van der Waals surface area (Å²) in [5.74, 6) is 0.356. The number of ether oxygens (including phenoxy) is 1. The first-order chi connectivity index (χ1) is 15.5. The molecule has 5 rings (SSSR count).